The molecule has 0 unspecified atom stereocenters. The van der Waals surface area contributed by atoms with Crippen molar-refractivity contribution in [3.8, 4) is 11.7 Å². The molecule has 0 saturated heterocycles. The summed E-state index contributed by atoms with van der Waals surface area (Å²) in [5.74, 6) is 0.154. The highest BCUT2D eigenvalue weighted by molar-refractivity contribution is 5.41. The van der Waals surface area contributed by atoms with Gasteiger partial charge in [-0.15, -0.1) is 5.10 Å². The number of rotatable bonds is 1. The number of nitrogens with zero attached hydrogens (tertiary/aromatic N) is 2. The summed E-state index contributed by atoms with van der Waals surface area (Å²) in [4.78, 5) is 10.8. The summed E-state index contributed by atoms with van der Waals surface area (Å²) < 4.78 is 10.8. The molecule has 2 aromatic heterocycles. The van der Waals surface area contributed by atoms with E-state index in [1.807, 2.05) is 0 Å². The standard InChI is InChI=1S/C7H6N2O3/c1-9-7(10)12-6(8-9)5-3-2-4-11-5/h2-4H,1H3. The van der Waals surface area contributed by atoms with Crippen molar-refractivity contribution in [2.24, 2.45) is 7.05 Å². The van der Waals surface area contributed by atoms with Crippen LogP contribution >= 0.6 is 0 Å². The van der Waals surface area contributed by atoms with Gasteiger partial charge in [-0.2, -0.15) is 4.68 Å². The Morgan fingerprint density at radius 2 is 2.42 bits per heavy atom. The van der Waals surface area contributed by atoms with Crippen LogP contribution in [0.3, 0.4) is 0 Å². The van der Waals surface area contributed by atoms with Crippen LogP contribution in [-0.4, -0.2) is 9.78 Å². The van der Waals surface area contributed by atoms with Crippen molar-refractivity contribution in [1.82, 2.24) is 9.78 Å². The molecular formula is C7H6N2O3. The molecule has 0 aromatic carbocycles. The van der Waals surface area contributed by atoms with E-state index < -0.39 is 5.76 Å². The lowest BCUT2D eigenvalue weighted by molar-refractivity contribution is 0.482. The zero-order valence-corrected chi connectivity index (χ0v) is 6.35. The molecule has 2 heterocycles. The molecule has 0 saturated carbocycles. The highest BCUT2D eigenvalue weighted by atomic mass is 16.4. The van der Waals surface area contributed by atoms with Crippen LogP contribution in [0.2, 0.25) is 0 Å². The first-order valence-corrected chi connectivity index (χ1v) is 3.35. The largest absolute Gasteiger partial charge is 0.459 e. The van der Waals surface area contributed by atoms with Crippen LogP contribution in [0, 0.1) is 0 Å². The minimum Gasteiger partial charge on any atom is -0.459 e. The first-order valence-electron chi connectivity index (χ1n) is 3.35. The minimum atomic E-state index is -0.499. The van der Waals surface area contributed by atoms with E-state index in [0.29, 0.717) is 5.76 Å². The topological polar surface area (TPSA) is 61.2 Å². The molecule has 2 rings (SSSR count). The fourth-order valence-corrected chi connectivity index (χ4v) is 0.846. The van der Waals surface area contributed by atoms with Gasteiger partial charge in [-0.3, -0.25) is 0 Å². The van der Waals surface area contributed by atoms with Gasteiger partial charge in [-0.25, -0.2) is 4.79 Å². The number of aromatic nitrogens is 2. The molecule has 2 aromatic rings. The van der Waals surface area contributed by atoms with Gasteiger partial charge >= 0.3 is 5.76 Å². The normalized spacial score (nSPS) is 10.4. The van der Waals surface area contributed by atoms with Crippen LogP contribution in [0.4, 0.5) is 0 Å². The average Bonchev–Trinajstić information content (AvgIpc) is 2.61. The van der Waals surface area contributed by atoms with Crippen LogP contribution < -0.4 is 5.76 Å². The van der Waals surface area contributed by atoms with Crippen molar-refractivity contribution in [1.29, 1.82) is 0 Å². The SMILES string of the molecule is Cn1nc(-c2ccco2)oc1=O. The van der Waals surface area contributed by atoms with Gasteiger partial charge in [0.15, 0.2) is 5.76 Å². The molecular weight excluding hydrogens is 160 g/mol. The van der Waals surface area contributed by atoms with Crippen molar-refractivity contribution >= 4 is 0 Å². The number of hydrogen-bond acceptors (Lipinski definition) is 4. The predicted octanol–water partition coefficient (Wildman–Crippen LogP) is 0.633. The summed E-state index contributed by atoms with van der Waals surface area (Å²) in [7, 11) is 1.51. The monoisotopic (exact) mass is 166 g/mol. The van der Waals surface area contributed by atoms with Gasteiger partial charge in [0.2, 0.25) is 0 Å². The van der Waals surface area contributed by atoms with Crippen molar-refractivity contribution in [2.45, 2.75) is 0 Å². The summed E-state index contributed by atoms with van der Waals surface area (Å²) in [5, 5.41) is 3.80. The van der Waals surface area contributed by atoms with E-state index >= 15 is 0 Å². The summed E-state index contributed by atoms with van der Waals surface area (Å²) in [6.45, 7) is 0. The zero-order chi connectivity index (χ0) is 8.55. The molecule has 0 aliphatic carbocycles. The Hall–Kier alpha value is -1.78. The van der Waals surface area contributed by atoms with Crippen LogP contribution in [0.1, 0.15) is 0 Å². The van der Waals surface area contributed by atoms with E-state index in [9.17, 15) is 4.79 Å². The highest BCUT2D eigenvalue weighted by Gasteiger charge is 2.09. The minimum absolute atomic E-state index is 0.201. The molecule has 5 heteroatoms. The van der Waals surface area contributed by atoms with E-state index in [4.69, 9.17) is 8.83 Å². The molecule has 0 atom stereocenters. The van der Waals surface area contributed by atoms with Gasteiger partial charge in [-0.1, -0.05) is 0 Å². The molecule has 0 N–H and O–H groups in total. The van der Waals surface area contributed by atoms with E-state index in [1.54, 1.807) is 12.1 Å². The lowest BCUT2D eigenvalue weighted by Crippen LogP contribution is -2.09. The number of furan rings is 1. The van der Waals surface area contributed by atoms with E-state index in [1.165, 1.54) is 13.3 Å². The fraction of sp³-hybridized carbons (Fsp3) is 0.143. The number of hydrogen-bond donors (Lipinski definition) is 0. The Labute approximate surface area is 67.2 Å². The van der Waals surface area contributed by atoms with Crippen molar-refractivity contribution in [3.05, 3.63) is 28.9 Å². The summed E-state index contributed by atoms with van der Waals surface area (Å²) in [6.07, 6.45) is 1.49. The maximum Gasteiger partial charge on any atom is 0.437 e. The van der Waals surface area contributed by atoms with Crippen molar-refractivity contribution < 1.29 is 8.83 Å². The van der Waals surface area contributed by atoms with Gasteiger partial charge in [0.25, 0.3) is 5.89 Å². The van der Waals surface area contributed by atoms with Crippen LogP contribution in [0.15, 0.2) is 32.0 Å². The summed E-state index contributed by atoms with van der Waals surface area (Å²) in [5.41, 5.74) is 0. The quantitative estimate of drug-likeness (QED) is 0.623. The molecule has 12 heavy (non-hydrogen) atoms. The Morgan fingerprint density at radius 1 is 1.58 bits per heavy atom. The Kier molecular flexibility index (Phi) is 1.36. The van der Waals surface area contributed by atoms with Gasteiger partial charge in [0.1, 0.15) is 0 Å². The summed E-state index contributed by atoms with van der Waals surface area (Å²) in [6, 6.07) is 3.37. The van der Waals surface area contributed by atoms with E-state index in [2.05, 4.69) is 5.10 Å². The second kappa shape index (κ2) is 2.37. The van der Waals surface area contributed by atoms with E-state index in [-0.39, 0.29) is 5.89 Å². The second-order valence-electron chi connectivity index (χ2n) is 2.27. The van der Waals surface area contributed by atoms with Crippen LogP contribution in [0.25, 0.3) is 11.7 Å². The average molecular weight is 166 g/mol. The molecule has 0 fully saturated rings. The molecule has 0 amide bonds. The lowest BCUT2D eigenvalue weighted by Gasteiger charge is -1.82. The Balaban J connectivity index is 2.56. The van der Waals surface area contributed by atoms with Gasteiger partial charge in [0, 0.05) is 7.05 Å². The third kappa shape index (κ3) is 0.952. The van der Waals surface area contributed by atoms with Gasteiger partial charge in [-0.05, 0) is 12.1 Å². The first kappa shape index (κ1) is 6.90. The summed E-state index contributed by atoms with van der Waals surface area (Å²) >= 11 is 0. The molecule has 0 aliphatic heterocycles. The molecule has 0 spiro atoms. The zero-order valence-electron chi connectivity index (χ0n) is 6.35. The van der Waals surface area contributed by atoms with E-state index in [0.717, 1.165) is 4.68 Å². The molecule has 0 aliphatic rings. The third-order valence-electron chi connectivity index (χ3n) is 1.42. The maximum absolute atomic E-state index is 10.8. The molecule has 0 radical (unpaired) electrons. The molecule has 0 bridgehead atoms. The highest BCUT2D eigenvalue weighted by Crippen LogP contribution is 2.14. The fourth-order valence-electron chi connectivity index (χ4n) is 0.846. The van der Waals surface area contributed by atoms with Gasteiger partial charge < -0.3 is 8.83 Å². The first-order chi connectivity index (χ1) is 5.77. The maximum atomic E-state index is 10.8. The van der Waals surface area contributed by atoms with Crippen LogP contribution in [-0.2, 0) is 7.05 Å². The van der Waals surface area contributed by atoms with Gasteiger partial charge in [0.05, 0.1) is 6.26 Å². The Bertz CT molecular complexity index is 424. The lowest BCUT2D eigenvalue weighted by atomic mass is 10.5. The van der Waals surface area contributed by atoms with Crippen LogP contribution in [0.5, 0.6) is 0 Å². The molecule has 62 valence electrons. The van der Waals surface area contributed by atoms with Crippen molar-refractivity contribution in [2.75, 3.05) is 0 Å². The smallest absolute Gasteiger partial charge is 0.437 e. The second-order valence-corrected chi connectivity index (χ2v) is 2.27. The molecule has 5 nitrogen and oxygen atoms in total. The third-order valence-corrected chi connectivity index (χ3v) is 1.42. The predicted molar refractivity (Wildman–Crippen MR) is 39.4 cm³/mol. The Morgan fingerprint density at radius 3 is 2.92 bits per heavy atom. The van der Waals surface area contributed by atoms with Crippen molar-refractivity contribution in [3.63, 3.8) is 0 Å². The number of aryl methyl sites for hydroxylation is 1.